The van der Waals surface area contributed by atoms with Gasteiger partial charge in [-0.3, -0.25) is 19.6 Å². The molecule has 0 bridgehead atoms. The van der Waals surface area contributed by atoms with Crippen LogP contribution in [-0.2, 0) is 14.4 Å². The minimum absolute atomic E-state index is 0.320. The number of benzene rings is 2. The Kier molecular flexibility index (Phi) is 7.08. The second kappa shape index (κ2) is 9.49. The molecule has 2 amide bonds. The molecule has 0 aliphatic heterocycles. The van der Waals surface area contributed by atoms with Crippen LogP contribution in [0, 0.1) is 5.92 Å². The first-order valence-corrected chi connectivity index (χ1v) is 8.57. The molecule has 2 aromatic rings. The zero-order valence-corrected chi connectivity index (χ0v) is 15.0. The Morgan fingerprint density at radius 2 is 1.56 bits per heavy atom. The lowest BCUT2D eigenvalue weighted by atomic mass is 9.98. The summed E-state index contributed by atoms with van der Waals surface area (Å²) in [4.78, 5) is 36.8. The summed E-state index contributed by atoms with van der Waals surface area (Å²) in [5.41, 5.74) is 4.09. The molecule has 0 aromatic heterocycles. The summed E-state index contributed by atoms with van der Waals surface area (Å²) in [7, 11) is 0. The molecule has 1 atom stereocenters. The number of nitrogens with one attached hydrogen (secondary N) is 1. The summed E-state index contributed by atoms with van der Waals surface area (Å²) < 4.78 is 0. The van der Waals surface area contributed by atoms with Crippen molar-refractivity contribution in [2.45, 2.75) is 19.8 Å². The highest BCUT2D eigenvalue weighted by molar-refractivity contribution is 5.98. The van der Waals surface area contributed by atoms with Crippen LogP contribution in [0.4, 0.5) is 5.69 Å². The SMILES string of the molecule is CCN(C(=O)C(CC(=O)O)CC(=O)NO)c1ccc(-c2ccccc2)cc1. The Morgan fingerprint density at radius 1 is 0.963 bits per heavy atom. The third-order valence-corrected chi connectivity index (χ3v) is 4.20. The van der Waals surface area contributed by atoms with Crippen molar-refractivity contribution >= 4 is 23.5 Å². The van der Waals surface area contributed by atoms with E-state index >= 15 is 0 Å². The summed E-state index contributed by atoms with van der Waals surface area (Å²) >= 11 is 0. The summed E-state index contributed by atoms with van der Waals surface area (Å²) in [6.45, 7) is 2.09. The first kappa shape index (κ1) is 20.1. The third kappa shape index (κ3) is 5.39. The largest absolute Gasteiger partial charge is 0.481 e. The molecule has 0 fully saturated rings. The van der Waals surface area contributed by atoms with E-state index in [1.54, 1.807) is 19.1 Å². The van der Waals surface area contributed by atoms with Crippen LogP contribution in [0.1, 0.15) is 19.8 Å². The van der Waals surface area contributed by atoms with Crippen molar-refractivity contribution in [1.29, 1.82) is 0 Å². The van der Waals surface area contributed by atoms with Crippen LogP contribution in [0.2, 0.25) is 0 Å². The maximum Gasteiger partial charge on any atom is 0.304 e. The first-order valence-electron chi connectivity index (χ1n) is 8.57. The van der Waals surface area contributed by atoms with E-state index in [0.29, 0.717) is 12.2 Å². The average Bonchev–Trinajstić information content (AvgIpc) is 2.68. The maximum absolute atomic E-state index is 12.8. The van der Waals surface area contributed by atoms with Crippen molar-refractivity contribution in [2.75, 3.05) is 11.4 Å². The molecule has 0 saturated carbocycles. The average molecular weight is 370 g/mol. The molecule has 0 heterocycles. The Morgan fingerprint density at radius 3 is 2.07 bits per heavy atom. The fourth-order valence-electron chi connectivity index (χ4n) is 2.88. The number of nitrogens with zero attached hydrogens (tertiary/aromatic N) is 1. The number of carboxylic acid groups (broad SMARTS) is 1. The molecule has 0 radical (unpaired) electrons. The van der Waals surface area contributed by atoms with E-state index in [-0.39, 0.29) is 0 Å². The number of anilines is 1. The van der Waals surface area contributed by atoms with Crippen molar-refractivity contribution in [1.82, 2.24) is 5.48 Å². The van der Waals surface area contributed by atoms with Gasteiger partial charge in [0.2, 0.25) is 11.8 Å². The van der Waals surface area contributed by atoms with Crippen molar-refractivity contribution in [3.05, 3.63) is 54.6 Å². The number of carbonyl (C=O) groups excluding carboxylic acids is 2. The number of hydrogen-bond donors (Lipinski definition) is 3. The topological polar surface area (TPSA) is 107 Å². The van der Waals surface area contributed by atoms with Gasteiger partial charge in [-0.05, 0) is 30.2 Å². The van der Waals surface area contributed by atoms with E-state index in [4.69, 9.17) is 10.3 Å². The Balaban J connectivity index is 2.23. The third-order valence-electron chi connectivity index (χ3n) is 4.20. The van der Waals surface area contributed by atoms with E-state index in [1.165, 1.54) is 10.4 Å². The van der Waals surface area contributed by atoms with Gasteiger partial charge < -0.3 is 10.0 Å². The van der Waals surface area contributed by atoms with Crippen LogP contribution >= 0.6 is 0 Å². The van der Waals surface area contributed by atoms with E-state index in [2.05, 4.69) is 0 Å². The van der Waals surface area contributed by atoms with E-state index in [0.717, 1.165) is 11.1 Å². The Labute approximate surface area is 157 Å². The number of carboxylic acids is 1. The molecule has 7 heteroatoms. The maximum atomic E-state index is 12.8. The second-order valence-corrected chi connectivity index (χ2v) is 6.03. The highest BCUT2D eigenvalue weighted by Gasteiger charge is 2.29. The van der Waals surface area contributed by atoms with E-state index in [9.17, 15) is 14.4 Å². The molecule has 142 valence electrons. The van der Waals surface area contributed by atoms with Gasteiger partial charge in [0, 0.05) is 18.7 Å². The lowest BCUT2D eigenvalue weighted by Gasteiger charge is -2.25. The quantitative estimate of drug-likeness (QED) is 0.489. The predicted molar refractivity (Wildman–Crippen MR) is 100 cm³/mol. The summed E-state index contributed by atoms with van der Waals surface area (Å²) in [5.74, 6) is -3.53. The smallest absolute Gasteiger partial charge is 0.304 e. The number of amides is 2. The lowest BCUT2D eigenvalue weighted by Crippen LogP contribution is -2.39. The number of aliphatic carboxylic acids is 1. The van der Waals surface area contributed by atoms with Gasteiger partial charge in [-0.1, -0.05) is 42.5 Å². The summed E-state index contributed by atoms with van der Waals surface area (Å²) in [5, 5.41) is 17.7. The van der Waals surface area contributed by atoms with Gasteiger partial charge >= 0.3 is 5.97 Å². The molecule has 27 heavy (non-hydrogen) atoms. The molecule has 0 saturated heterocycles. The second-order valence-electron chi connectivity index (χ2n) is 6.03. The fraction of sp³-hybridized carbons (Fsp3) is 0.250. The highest BCUT2D eigenvalue weighted by Crippen LogP contribution is 2.25. The van der Waals surface area contributed by atoms with Gasteiger partial charge in [-0.25, -0.2) is 5.48 Å². The minimum Gasteiger partial charge on any atom is -0.481 e. The van der Waals surface area contributed by atoms with Gasteiger partial charge in [-0.2, -0.15) is 0 Å². The molecule has 2 rings (SSSR count). The highest BCUT2D eigenvalue weighted by atomic mass is 16.5. The zero-order valence-electron chi connectivity index (χ0n) is 15.0. The number of hydroxylamine groups is 1. The van der Waals surface area contributed by atoms with Crippen molar-refractivity contribution in [2.24, 2.45) is 5.92 Å². The molecular weight excluding hydrogens is 348 g/mol. The van der Waals surface area contributed by atoms with Gasteiger partial charge in [-0.15, -0.1) is 0 Å². The van der Waals surface area contributed by atoms with Gasteiger partial charge in [0.1, 0.15) is 0 Å². The van der Waals surface area contributed by atoms with Crippen LogP contribution in [0.25, 0.3) is 11.1 Å². The lowest BCUT2D eigenvalue weighted by molar-refractivity contribution is -0.142. The fourth-order valence-corrected chi connectivity index (χ4v) is 2.88. The van der Waals surface area contributed by atoms with Gasteiger partial charge in [0.15, 0.2) is 0 Å². The van der Waals surface area contributed by atoms with Crippen LogP contribution in [0.15, 0.2) is 54.6 Å². The normalized spacial score (nSPS) is 11.5. The predicted octanol–water partition coefficient (Wildman–Crippen LogP) is 2.69. The molecular formula is C20H22N2O5. The summed E-state index contributed by atoms with van der Waals surface area (Å²) in [6.07, 6.45) is -0.898. The van der Waals surface area contributed by atoms with Gasteiger partial charge in [0.25, 0.3) is 0 Å². The number of hydrogen-bond acceptors (Lipinski definition) is 4. The number of carbonyl (C=O) groups is 3. The molecule has 3 N–H and O–H groups in total. The van der Waals surface area contributed by atoms with Crippen LogP contribution in [-0.4, -0.2) is 34.6 Å². The molecule has 7 nitrogen and oxygen atoms in total. The minimum atomic E-state index is -1.19. The molecule has 0 aliphatic rings. The van der Waals surface area contributed by atoms with Crippen LogP contribution < -0.4 is 10.4 Å². The number of rotatable bonds is 8. The van der Waals surface area contributed by atoms with Crippen molar-refractivity contribution in [3.8, 4) is 11.1 Å². The molecule has 0 spiro atoms. The van der Waals surface area contributed by atoms with Crippen molar-refractivity contribution in [3.63, 3.8) is 0 Å². The zero-order chi connectivity index (χ0) is 19.8. The first-order chi connectivity index (χ1) is 13.0. The molecule has 1 unspecified atom stereocenters. The van der Waals surface area contributed by atoms with Crippen molar-refractivity contribution < 1.29 is 24.7 Å². The van der Waals surface area contributed by atoms with E-state index in [1.807, 2.05) is 42.5 Å². The monoisotopic (exact) mass is 370 g/mol. The summed E-state index contributed by atoms with van der Waals surface area (Å²) in [6, 6.07) is 17.1. The van der Waals surface area contributed by atoms with Gasteiger partial charge in [0.05, 0.1) is 12.3 Å². The Bertz CT molecular complexity index is 790. The molecule has 0 aliphatic carbocycles. The van der Waals surface area contributed by atoms with Crippen LogP contribution in [0.3, 0.4) is 0 Å². The standard InChI is InChI=1S/C20H22N2O5/c1-2-22(20(26)16(13-19(24)25)12-18(23)21-27)17-10-8-15(9-11-17)14-6-4-3-5-7-14/h3-11,16,27H,2,12-13H2,1H3,(H,21,23)(H,24,25). The van der Waals surface area contributed by atoms with Crippen LogP contribution in [0.5, 0.6) is 0 Å². The van der Waals surface area contributed by atoms with E-state index < -0.39 is 36.5 Å². The molecule has 2 aromatic carbocycles. The Hall–Kier alpha value is -3.19.